The number of hydrogen-bond donors (Lipinski definition) is 7. The molecule has 0 spiro atoms. The fraction of sp³-hybridized carbons (Fsp3) is 0.395. The summed E-state index contributed by atoms with van der Waals surface area (Å²) in [5.41, 5.74) is 9.31. The van der Waals surface area contributed by atoms with Crippen LogP contribution in [0, 0.1) is 5.82 Å². The highest BCUT2D eigenvalue weighted by Gasteiger charge is 2.45. The molecule has 3 heterocycles. The quantitative estimate of drug-likeness (QED) is 0.0323. The Balaban J connectivity index is 0.816. The number of amides is 4. The summed E-state index contributed by atoms with van der Waals surface area (Å²) in [6, 6.07) is 21.2. The van der Waals surface area contributed by atoms with Gasteiger partial charge in [-0.3, -0.25) is 35.0 Å². The summed E-state index contributed by atoms with van der Waals surface area (Å²) in [5.74, 6) is -2.62. The largest absolute Gasteiger partial charge is 0.379 e. The minimum Gasteiger partial charge on any atom is -0.379 e. The Hall–Kier alpha value is -5.70. The van der Waals surface area contributed by atoms with E-state index in [0.717, 1.165) is 16.6 Å². The van der Waals surface area contributed by atoms with Crippen LogP contribution in [-0.4, -0.2) is 127 Å². The van der Waals surface area contributed by atoms with Gasteiger partial charge in [-0.2, -0.15) is 0 Å². The van der Waals surface area contributed by atoms with Gasteiger partial charge in [0, 0.05) is 56.4 Å². The van der Waals surface area contributed by atoms with Gasteiger partial charge in [0.25, 0.3) is 17.6 Å². The molecule has 3 unspecified atom stereocenters. The molecule has 0 saturated carbocycles. The summed E-state index contributed by atoms with van der Waals surface area (Å²) >= 11 is 1.22. The Morgan fingerprint density at radius 1 is 0.871 bits per heavy atom. The molecule has 4 amide bonds. The van der Waals surface area contributed by atoms with E-state index in [4.69, 9.17) is 19.9 Å². The van der Waals surface area contributed by atoms with Crippen molar-refractivity contribution in [2.24, 2.45) is 10.7 Å². The Morgan fingerprint density at radius 3 is 2.21 bits per heavy atom. The first kappa shape index (κ1) is 45.8. The van der Waals surface area contributed by atoms with Crippen molar-refractivity contribution in [2.45, 2.75) is 50.8 Å². The van der Waals surface area contributed by atoms with Gasteiger partial charge in [0.1, 0.15) is 24.3 Å². The van der Waals surface area contributed by atoms with E-state index in [1.807, 2.05) is 59.5 Å². The second-order valence-electron chi connectivity index (χ2n) is 14.5. The second-order valence-corrected chi connectivity index (χ2v) is 15.5. The van der Waals surface area contributed by atoms with E-state index < -0.39 is 36.2 Å². The van der Waals surface area contributed by atoms with Crippen LogP contribution in [0.2, 0.25) is 0 Å². The van der Waals surface area contributed by atoms with Crippen LogP contribution < -0.4 is 32.3 Å². The molecule has 1 aromatic heterocycles. The van der Waals surface area contributed by atoms with Gasteiger partial charge in [0.15, 0.2) is 11.2 Å². The molecule has 8 N–H and O–H groups in total. The normalized spacial score (nSPS) is 17.5. The number of para-hydroxylation sites is 1. The molecule has 2 aliphatic heterocycles. The first-order valence-corrected chi connectivity index (χ1v) is 21.4. The van der Waals surface area contributed by atoms with Crippen LogP contribution in [-0.2, 0) is 39.9 Å². The molecule has 3 aromatic carbocycles. The van der Waals surface area contributed by atoms with E-state index in [2.05, 4.69) is 36.6 Å². The maximum atomic E-state index is 13.6. The third-order valence-electron chi connectivity index (χ3n) is 9.85. The molecule has 4 atom stereocenters. The van der Waals surface area contributed by atoms with Gasteiger partial charge in [0.2, 0.25) is 11.8 Å². The Kier molecular flexibility index (Phi) is 17.0. The van der Waals surface area contributed by atoms with Crippen LogP contribution >= 0.6 is 11.8 Å². The second kappa shape index (κ2) is 22.9. The number of nitrogens with two attached hydrogens (primary N) is 1. The van der Waals surface area contributed by atoms with Crippen molar-refractivity contribution in [1.82, 2.24) is 36.5 Å². The van der Waals surface area contributed by atoms with E-state index in [-0.39, 0.29) is 35.8 Å². The number of rotatable bonds is 23. The number of halogens is 1. The van der Waals surface area contributed by atoms with Crippen LogP contribution in [0.4, 0.5) is 4.39 Å². The topological polar surface area (TPSA) is 231 Å². The van der Waals surface area contributed by atoms with Crippen LogP contribution in [0.5, 0.6) is 0 Å². The molecule has 62 heavy (non-hydrogen) atoms. The zero-order valence-electron chi connectivity index (χ0n) is 34.3. The zero-order chi connectivity index (χ0) is 43.8. The molecular formula is C43H52FN9O8S. The molecular weight excluding hydrogens is 822 g/mol. The average molecular weight is 874 g/mol. The fourth-order valence-corrected chi connectivity index (χ4v) is 7.96. The maximum Gasteiger partial charge on any atom is 0.292 e. The summed E-state index contributed by atoms with van der Waals surface area (Å²) in [6.07, 6.45) is -0.296. The predicted octanol–water partition coefficient (Wildman–Crippen LogP) is 1.99. The summed E-state index contributed by atoms with van der Waals surface area (Å²) < 4.78 is 30.4. The number of ketones is 1. The highest BCUT2D eigenvalue weighted by atomic mass is 32.2. The summed E-state index contributed by atoms with van der Waals surface area (Å²) in [4.78, 5) is 73.7. The van der Waals surface area contributed by atoms with Crippen molar-refractivity contribution >= 4 is 57.2 Å². The summed E-state index contributed by atoms with van der Waals surface area (Å²) in [5, 5.41) is 15.1. The van der Waals surface area contributed by atoms with Crippen LogP contribution in [0.3, 0.4) is 0 Å². The van der Waals surface area contributed by atoms with Crippen molar-refractivity contribution in [3.8, 4) is 11.3 Å². The monoisotopic (exact) mass is 873 g/mol. The minimum atomic E-state index is -0.885. The maximum absolute atomic E-state index is 13.6. The number of hydrogen-bond acceptors (Lipinski definition) is 13. The number of nitrogens with zero attached hydrogens (tertiary/aromatic N) is 2. The number of aliphatic imine (C=N–C) groups is 1. The van der Waals surface area contributed by atoms with Crippen LogP contribution in [0.15, 0.2) is 83.9 Å². The highest BCUT2D eigenvalue weighted by molar-refractivity contribution is 8.13. The number of carbonyl (C=O) groups excluding carboxylic acids is 5. The molecule has 17 nitrogen and oxygen atoms in total. The molecule has 19 heteroatoms. The van der Waals surface area contributed by atoms with Crippen molar-refractivity contribution in [3.63, 3.8) is 0 Å². The Morgan fingerprint density at radius 2 is 1.52 bits per heavy atom. The van der Waals surface area contributed by atoms with Gasteiger partial charge in [-0.15, -0.1) is 0 Å². The van der Waals surface area contributed by atoms with Gasteiger partial charge >= 0.3 is 0 Å². The fourth-order valence-electron chi connectivity index (χ4n) is 6.88. The number of carbonyl (C=O) groups is 5. The summed E-state index contributed by atoms with van der Waals surface area (Å²) in [7, 11) is 0. The first-order valence-electron chi connectivity index (χ1n) is 20.4. The number of benzene rings is 3. The minimum absolute atomic E-state index is 0.134. The summed E-state index contributed by atoms with van der Waals surface area (Å²) in [6.45, 7) is 4.36. The van der Waals surface area contributed by atoms with E-state index in [1.54, 1.807) is 12.1 Å². The molecule has 0 aliphatic carbocycles. The number of Topliss-reactive ketones (excluding diaryl/α,β-unsaturated/α-hetero) is 1. The molecule has 0 bridgehead atoms. The molecule has 4 aromatic rings. The number of amidine groups is 1. The Labute approximate surface area is 362 Å². The number of H-pyrrole nitrogens is 1. The molecule has 1 saturated heterocycles. The average Bonchev–Trinajstić information content (AvgIpc) is 3.82. The third-order valence-corrected chi connectivity index (χ3v) is 10.9. The zero-order valence-corrected chi connectivity index (χ0v) is 35.1. The lowest BCUT2D eigenvalue weighted by molar-refractivity contribution is -0.127. The van der Waals surface area contributed by atoms with Crippen LogP contribution in [0.25, 0.3) is 22.2 Å². The Bertz CT molecular complexity index is 2190. The molecule has 0 radical (unpaired) electrons. The van der Waals surface area contributed by atoms with E-state index in [1.165, 1.54) is 30.8 Å². The van der Waals surface area contributed by atoms with Crippen LogP contribution in [0.1, 0.15) is 35.7 Å². The lowest BCUT2D eigenvalue weighted by Gasteiger charge is -2.36. The number of aromatic nitrogens is 1. The molecule has 1 fully saturated rings. The first-order chi connectivity index (χ1) is 30.1. The van der Waals surface area contributed by atoms with Crippen molar-refractivity contribution in [3.05, 3.63) is 95.8 Å². The number of ether oxygens (including phenoxy) is 3. The van der Waals surface area contributed by atoms with Gasteiger partial charge in [-0.25, -0.2) is 9.38 Å². The van der Waals surface area contributed by atoms with E-state index >= 15 is 0 Å². The van der Waals surface area contributed by atoms with Crippen molar-refractivity contribution in [2.75, 3.05) is 58.5 Å². The van der Waals surface area contributed by atoms with Gasteiger partial charge in [0.05, 0.1) is 37.7 Å². The number of fused-ring (bicyclic) bond motifs is 2. The lowest BCUT2D eigenvalue weighted by Crippen LogP contribution is -2.69. The number of thioether (sulfide) groups is 1. The van der Waals surface area contributed by atoms with Crippen molar-refractivity contribution < 1.29 is 42.6 Å². The lowest BCUT2D eigenvalue weighted by atomic mass is 10.0. The highest BCUT2D eigenvalue weighted by Crippen LogP contribution is 2.31. The standard InChI is InChI=1S/C43H52FN9O8S/c1-27(54)48-33(26-62-43-50-36-38(51-42(45)52-40(36)57)53(43)25-28-13-15-30(44)16-14-28)39(56)46-17-7-19-59-21-23-61-24-22-60-20-8-18-47-41(58)37(55)34-31-11-5-6-12-32(31)49-35(34)29-9-3-2-4-10-29/h2-6,9-16,33,36,38,42,49,51H,7-8,17-26,45H2,1H3,(H,46,56)(H,47,58)(H,48,54)(H,52,57)/t33-,36?,38?,42?/m0/s1. The van der Waals surface area contributed by atoms with Gasteiger partial charge in [-0.05, 0) is 42.2 Å². The van der Waals surface area contributed by atoms with Gasteiger partial charge < -0.3 is 45.4 Å². The van der Waals surface area contributed by atoms with Crippen molar-refractivity contribution in [1.29, 1.82) is 0 Å². The molecule has 330 valence electrons. The predicted molar refractivity (Wildman–Crippen MR) is 232 cm³/mol. The number of aromatic amines is 1. The van der Waals surface area contributed by atoms with E-state index in [0.29, 0.717) is 87.4 Å². The third kappa shape index (κ3) is 12.7. The number of nitrogens with one attached hydrogen (secondary N) is 6. The van der Waals surface area contributed by atoms with E-state index in [9.17, 15) is 28.4 Å². The molecule has 2 aliphatic rings. The smallest absolute Gasteiger partial charge is 0.292 e. The molecule has 6 rings (SSSR count). The SMILES string of the molecule is CC(=O)N[C@@H](CSC1=NC2C(=O)NC(N)NC2N1Cc1ccc(F)cc1)C(=O)NCCCOCCOCCOCCCNC(=O)C(=O)c1c(-c2ccccc2)[nH]c2ccccc12. The van der Waals surface area contributed by atoms with Gasteiger partial charge in [-0.1, -0.05) is 72.4 Å².